The molecule has 0 unspecified atom stereocenters. The van der Waals surface area contributed by atoms with Crippen LogP contribution in [0.4, 0.5) is 0 Å². The predicted molar refractivity (Wildman–Crippen MR) is 41.7 cm³/mol. The Bertz CT molecular complexity index is 229. The summed E-state index contributed by atoms with van der Waals surface area (Å²) in [7, 11) is 0. The number of hydrogen-bond acceptors (Lipinski definition) is 3. The van der Waals surface area contributed by atoms with Crippen molar-refractivity contribution >= 4 is 29.8 Å². The van der Waals surface area contributed by atoms with Gasteiger partial charge in [0.25, 0.3) is 0 Å². The van der Waals surface area contributed by atoms with Gasteiger partial charge in [0.1, 0.15) is 15.7 Å². The second-order valence-corrected chi connectivity index (χ2v) is 2.33. The van der Waals surface area contributed by atoms with Crippen molar-refractivity contribution in [1.29, 1.82) is 0 Å². The number of thiocarbonyl (C=S) groups is 1. The number of aromatic amines is 1. The highest BCUT2D eigenvalue weighted by Gasteiger charge is 2.01. The Labute approximate surface area is 63.1 Å². The Morgan fingerprint density at radius 3 is 2.78 bits per heavy atom. The Hall–Kier alpha value is -0.550. The van der Waals surface area contributed by atoms with Gasteiger partial charge in [0.2, 0.25) is 0 Å². The van der Waals surface area contributed by atoms with Gasteiger partial charge in [-0.3, -0.25) is 0 Å². The molecule has 0 atom stereocenters. The van der Waals surface area contributed by atoms with Gasteiger partial charge in [0.05, 0.1) is 6.33 Å². The molecule has 0 aromatic carbocycles. The lowest BCUT2D eigenvalue weighted by Crippen LogP contribution is -2.10. The molecule has 0 spiro atoms. The monoisotopic (exact) mass is 159 g/mol. The summed E-state index contributed by atoms with van der Waals surface area (Å²) in [6.45, 7) is 0. The number of H-pyrrole nitrogens is 1. The van der Waals surface area contributed by atoms with Crippen molar-refractivity contribution in [2.24, 2.45) is 5.73 Å². The maximum atomic E-state index is 5.27. The minimum absolute atomic E-state index is 0.289. The highest BCUT2D eigenvalue weighted by atomic mass is 32.1. The first-order valence-electron chi connectivity index (χ1n) is 2.24. The summed E-state index contributed by atoms with van der Waals surface area (Å²) < 4.78 is 0. The Balaban J connectivity index is 3.08. The molecule has 3 N–H and O–H groups in total. The molecular weight excluding hydrogens is 154 g/mol. The second kappa shape index (κ2) is 2.36. The van der Waals surface area contributed by atoms with E-state index in [1.54, 1.807) is 0 Å². The molecule has 0 fully saturated rings. The van der Waals surface area contributed by atoms with E-state index in [1.165, 1.54) is 6.33 Å². The van der Waals surface area contributed by atoms with E-state index in [4.69, 9.17) is 5.73 Å². The van der Waals surface area contributed by atoms with Crippen LogP contribution in [0.1, 0.15) is 5.69 Å². The van der Waals surface area contributed by atoms with Crippen LogP contribution in [0.25, 0.3) is 0 Å². The number of hydrogen-bond donors (Lipinski definition) is 3. The lowest BCUT2D eigenvalue weighted by atomic mass is 10.5. The third kappa shape index (κ3) is 1.22. The molecule has 0 saturated carbocycles. The van der Waals surface area contributed by atoms with Crippen LogP contribution in [-0.2, 0) is 0 Å². The van der Waals surface area contributed by atoms with Crippen LogP contribution in [0, 0.1) is 0 Å². The first-order chi connectivity index (χ1) is 4.22. The van der Waals surface area contributed by atoms with Crippen LogP contribution in [0.5, 0.6) is 0 Å². The second-order valence-electron chi connectivity index (χ2n) is 1.47. The maximum absolute atomic E-state index is 5.27. The van der Waals surface area contributed by atoms with E-state index in [-0.39, 0.29) is 4.99 Å². The number of nitrogens with two attached hydrogens (primary N) is 1. The van der Waals surface area contributed by atoms with Gasteiger partial charge in [-0.05, 0) is 0 Å². The molecule has 0 aliphatic rings. The quantitative estimate of drug-likeness (QED) is 0.409. The van der Waals surface area contributed by atoms with Gasteiger partial charge in [-0.15, -0.1) is 12.6 Å². The third-order valence-electron chi connectivity index (χ3n) is 0.866. The van der Waals surface area contributed by atoms with Crippen molar-refractivity contribution < 1.29 is 0 Å². The lowest BCUT2D eigenvalue weighted by Gasteiger charge is -1.89. The summed E-state index contributed by atoms with van der Waals surface area (Å²) in [5.41, 5.74) is 5.89. The van der Waals surface area contributed by atoms with E-state index in [0.29, 0.717) is 10.7 Å². The number of imidazole rings is 1. The molecule has 0 saturated heterocycles. The van der Waals surface area contributed by atoms with Crippen LogP contribution in [0.15, 0.2) is 11.4 Å². The fraction of sp³-hybridized carbons (Fsp3) is 0. The van der Waals surface area contributed by atoms with Gasteiger partial charge in [-0.1, -0.05) is 12.2 Å². The van der Waals surface area contributed by atoms with Crippen LogP contribution < -0.4 is 5.73 Å². The number of thiol groups is 1. The number of nitrogens with one attached hydrogen (secondary N) is 1. The van der Waals surface area contributed by atoms with Crippen molar-refractivity contribution in [2.75, 3.05) is 0 Å². The topological polar surface area (TPSA) is 54.7 Å². The third-order valence-corrected chi connectivity index (χ3v) is 1.41. The molecule has 48 valence electrons. The zero-order valence-corrected chi connectivity index (χ0v) is 6.17. The first-order valence-corrected chi connectivity index (χ1v) is 3.09. The van der Waals surface area contributed by atoms with Gasteiger partial charge in [0, 0.05) is 0 Å². The molecule has 0 amide bonds. The van der Waals surface area contributed by atoms with Gasteiger partial charge in [-0.2, -0.15) is 0 Å². The van der Waals surface area contributed by atoms with Crippen molar-refractivity contribution in [3.05, 3.63) is 12.0 Å². The largest absolute Gasteiger partial charge is 0.388 e. The van der Waals surface area contributed by atoms with E-state index in [9.17, 15) is 0 Å². The average molecular weight is 159 g/mol. The van der Waals surface area contributed by atoms with Gasteiger partial charge in [0.15, 0.2) is 0 Å². The van der Waals surface area contributed by atoms with Gasteiger partial charge >= 0.3 is 0 Å². The average Bonchev–Trinajstić information content (AvgIpc) is 2.13. The maximum Gasteiger partial charge on any atom is 0.123 e. The molecule has 0 aliphatic carbocycles. The van der Waals surface area contributed by atoms with Crippen molar-refractivity contribution in [1.82, 2.24) is 9.97 Å². The van der Waals surface area contributed by atoms with Crippen molar-refractivity contribution in [3.63, 3.8) is 0 Å². The predicted octanol–water partition coefficient (Wildman–Crippen LogP) is 0.333. The molecule has 5 heteroatoms. The minimum Gasteiger partial charge on any atom is -0.388 e. The Morgan fingerprint density at radius 2 is 2.56 bits per heavy atom. The smallest absolute Gasteiger partial charge is 0.123 e. The van der Waals surface area contributed by atoms with Crippen LogP contribution in [0.3, 0.4) is 0 Å². The lowest BCUT2D eigenvalue weighted by molar-refractivity contribution is 1.20. The standard InChI is InChI=1S/C4H5N3S2/c5-3(8)2-4(9)7-1-6-2/h1,9H,(H2,5,8)(H,6,7). The molecule has 1 aromatic rings. The molecule has 1 rings (SSSR count). The summed E-state index contributed by atoms with van der Waals surface area (Å²) in [6.07, 6.45) is 1.50. The molecule has 3 nitrogen and oxygen atoms in total. The molecule has 0 aliphatic heterocycles. The highest BCUT2D eigenvalue weighted by Crippen LogP contribution is 2.05. The van der Waals surface area contributed by atoms with Crippen molar-refractivity contribution in [3.8, 4) is 0 Å². The zero-order valence-electron chi connectivity index (χ0n) is 4.46. The summed E-state index contributed by atoms with van der Waals surface area (Å²) in [4.78, 5) is 6.82. The summed E-state index contributed by atoms with van der Waals surface area (Å²) in [5, 5.41) is 0.544. The van der Waals surface area contributed by atoms with E-state index in [1.807, 2.05) is 0 Å². The fourth-order valence-electron chi connectivity index (χ4n) is 0.468. The fourth-order valence-corrected chi connectivity index (χ4v) is 0.942. The minimum atomic E-state index is 0.289. The molecule has 0 radical (unpaired) electrons. The number of nitrogens with zero attached hydrogens (tertiary/aromatic N) is 1. The van der Waals surface area contributed by atoms with E-state index >= 15 is 0 Å². The first kappa shape index (κ1) is 6.57. The Kier molecular flexibility index (Phi) is 1.73. The Morgan fingerprint density at radius 1 is 1.89 bits per heavy atom. The van der Waals surface area contributed by atoms with Gasteiger partial charge < -0.3 is 10.7 Å². The number of aromatic nitrogens is 2. The summed E-state index contributed by atoms with van der Waals surface area (Å²) in [6, 6.07) is 0. The molecule has 9 heavy (non-hydrogen) atoms. The molecule has 0 bridgehead atoms. The van der Waals surface area contributed by atoms with E-state index in [0.717, 1.165) is 0 Å². The van der Waals surface area contributed by atoms with Gasteiger partial charge in [-0.25, -0.2) is 4.98 Å². The molecule has 1 aromatic heterocycles. The van der Waals surface area contributed by atoms with E-state index in [2.05, 4.69) is 34.8 Å². The van der Waals surface area contributed by atoms with Crippen LogP contribution in [-0.4, -0.2) is 15.0 Å². The summed E-state index contributed by atoms with van der Waals surface area (Å²) >= 11 is 8.64. The van der Waals surface area contributed by atoms with E-state index < -0.39 is 0 Å². The number of rotatable bonds is 1. The molecular formula is C4H5N3S2. The highest BCUT2D eigenvalue weighted by molar-refractivity contribution is 7.81. The zero-order chi connectivity index (χ0) is 6.85. The van der Waals surface area contributed by atoms with Crippen LogP contribution >= 0.6 is 24.8 Å². The normalized spacial score (nSPS) is 9.44. The van der Waals surface area contributed by atoms with Crippen LogP contribution in [0.2, 0.25) is 0 Å². The SMILES string of the molecule is NC(=S)c1[nH]cnc1S. The molecule has 1 heterocycles. The summed E-state index contributed by atoms with van der Waals surface area (Å²) in [5.74, 6) is 0. The van der Waals surface area contributed by atoms with Crippen molar-refractivity contribution in [2.45, 2.75) is 5.03 Å².